The highest BCUT2D eigenvalue weighted by Gasteiger charge is 2.19. The smallest absolute Gasteiger partial charge is 0.175 e. The van der Waals surface area contributed by atoms with E-state index < -0.39 is 21.5 Å². The number of rotatable bonds is 8. The average Bonchev–Trinajstić information content (AvgIpc) is 2.69. The van der Waals surface area contributed by atoms with Crippen LogP contribution < -0.4 is 5.32 Å². The predicted octanol–water partition coefficient (Wildman–Crippen LogP) is 4.97. The maximum absolute atomic E-state index is 13.2. The third-order valence-electron chi connectivity index (χ3n) is 5.48. The number of nitrogens with one attached hydrogen (secondary N) is 1. The fourth-order valence-corrected chi connectivity index (χ4v) is 4.39. The zero-order valence-electron chi connectivity index (χ0n) is 17.5. The van der Waals surface area contributed by atoms with Crippen molar-refractivity contribution in [1.82, 2.24) is 4.90 Å². The van der Waals surface area contributed by atoms with Gasteiger partial charge in [0.15, 0.2) is 21.5 Å². The van der Waals surface area contributed by atoms with Crippen molar-refractivity contribution in [3.63, 3.8) is 0 Å². The summed E-state index contributed by atoms with van der Waals surface area (Å²) in [6.07, 6.45) is 5.41. The van der Waals surface area contributed by atoms with Crippen molar-refractivity contribution in [2.45, 2.75) is 30.6 Å². The molecular weight excluding hydrogens is 465 g/mol. The maximum atomic E-state index is 13.2. The van der Waals surface area contributed by atoms with Crippen LogP contribution in [0.25, 0.3) is 0 Å². The number of sulfone groups is 1. The van der Waals surface area contributed by atoms with Gasteiger partial charge in [0.1, 0.15) is 0 Å². The first-order valence-corrected chi connectivity index (χ1v) is 11.9. The molecule has 0 aromatic heterocycles. The first-order chi connectivity index (χ1) is 13.8. The molecule has 0 saturated carbocycles. The monoisotopic (exact) mass is 494 g/mol. The molecule has 9 heteroatoms. The summed E-state index contributed by atoms with van der Waals surface area (Å²) in [5, 5.41) is 3.13. The van der Waals surface area contributed by atoms with E-state index in [1.165, 1.54) is 17.9 Å². The van der Waals surface area contributed by atoms with Gasteiger partial charge in [0.25, 0.3) is 0 Å². The number of halogens is 4. The molecule has 1 heterocycles. The Morgan fingerprint density at radius 1 is 1.00 bits per heavy atom. The normalized spacial score (nSPS) is 15.1. The molecule has 0 radical (unpaired) electrons. The molecule has 2 aromatic rings. The summed E-state index contributed by atoms with van der Waals surface area (Å²) in [5.41, 5.74) is 1.79. The second-order valence-electron chi connectivity index (χ2n) is 7.81. The third-order valence-corrected chi connectivity index (χ3v) is 6.61. The number of anilines is 1. The van der Waals surface area contributed by atoms with Gasteiger partial charge < -0.3 is 10.2 Å². The number of nitrogens with zero attached hydrogens (tertiary/aromatic N) is 1. The van der Waals surface area contributed by atoms with Crippen molar-refractivity contribution in [2.24, 2.45) is 5.92 Å². The minimum Gasteiger partial charge on any atom is -0.385 e. The third kappa shape index (κ3) is 8.56. The highest BCUT2D eigenvalue weighted by molar-refractivity contribution is 7.90. The van der Waals surface area contributed by atoms with Crippen LogP contribution in [0, 0.1) is 17.6 Å². The van der Waals surface area contributed by atoms with Crippen LogP contribution in [0.4, 0.5) is 14.5 Å². The molecule has 174 valence electrons. The molecule has 1 fully saturated rings. The molecule has 1 saturated heterocycles. The van der Waals surface area contributed by atoms with Crippen LogP contribution in [0.15, 0.2) is 47.4 Å². The van der Waals surface area contributed by atoms with Gasteiger partial charge in [-0.25, -0.2) is 17.2 Å². The standard InChI is InChI=1S/C22H28F2N2O2S.2ClH/c1-29(27,28)20-6-3-17(4-7-20)15-18-9-13-26(14-10-18)12-2-11-25-19-5-8-21(23)22(24)16-19;;/h3-8,16,18,25H,2,9-15H2,1H3;2*1H. The number of hydrogen-bond acceptors (Lipinski definition) is 4. The van der Waals surface area contributed by atoms with Gasteiger partial charge in [-0.15, -0.1) is 24.8 Å². The highest BCUT2D eigenvalue weighted by Crippen LogP contribution is 2.23. The molecule has 0 amide bonds. The Morgan fingerprint density at radius 2 is 1.65 bits per heavy atom. The number of hydrogen-bond donors (Lipinski definition) is 1. The van der Waals surface area contributed by atoms with E-state index in [1.807, 2.05) is 12.1 Å². The molecule has 0 aliphatic carbocycles. The summed E-state index contributed by atoms with van der Waals surface area (Å²) >= 11 is 0. The molecule has 1 aliphatic rings. The van der Waals surface area contributed by atoms with E-state index in [2.05, 4.69) is 10.2 Å². The fraction of sp³-hybridized carbons (Fsp3) is 0.455. The number of piperidine rings is 1. The van der Waals surface area contributed by atoms with Gasteiger partial charge in [-0.3, -0.25) is 0 Å². The fourth-order valence-electron chi connectivity index (χ4n) is 3.76. The summed E-state index contributed by atoms with van der Waals surface area (Å²) in [6, 6.07) is 11.1. The predicted molar refractivity (Wildman–Crippen MR) is 126 cm³/mol. The minimum absolute atomic E-state index is 0. The Morgan fingerprint density at radius 3 is 2.23 bits per heavy atom. The lowest BCUT2D eigenvalue weighted by Gasteiger charge is -2.32. The first kappa shape index (κ1) is 27.6. The number of benzene rings is 2. The molecule has 0 spiro atoms. The molecule has 31 heavy (non-hydrogen) atoms. The summed E-state index contributed by atoms with van der Waals surface area (Å²) in [4.78, 5) is 2.81. The van der Waals surface area contributed by atoms with Gasteiger partial charge in [-0.05, 0) is 87.1 Å². The number of likely N-dealkylation sites (tertiary alicyclic amines) is 1. The highest BCUT2D eigenvalue weighted by atomic mass is 35.5. The molecule has 0 unspecified atom stereocenters. The summed E-state index contributed by atoms with van der Waals surface area (Å²) in [5.74, 6) is -1.04. The molecule has 1 N–H and O–H groups in total. The van der Waals surface area contributed by atoms with Crippen LogP contribution in [0.3, 0.4) is 0 Å². The second kappa shape index (κ2) is 12.6. The largest absolute Gasteiger partial charge is 0.385 e. The van der Waals surface area contributed by atoms with E-state index >= 15 is 0 Å². The van der Waals surface area contributed by atoms with Crippen molar-refractivity contribution >= 4 is 40.3 Å². The Kier molecular flexibility index (Phi) is 11.2. The van der Waals surface area contributed by atoms with Crippen molar-refractivity contribution in [3.05, 3.63) is 59.7 Å². The summed E-state index contributed by atoms with van der Waals surface area (Å²) in [6.45, 7) is 3.80. The Balaban J connectivity index is 0.00000240. The van der Waals surface area contributed by atoms with Crippen molar-refractivity contribution < 1.29 is 17.2 Å². The topological polar surface area (TPSA) is 49.4 Å². The maximum Gasteiger partial charge on any atom is 0.175 e. The van der Waals surface area contributed by atoms with E-state index in [-0.39, 0.29) is 24.8 Å². The molecular formula is C22H30Cl2F2N2O2S. The van der Waals surface area contributed by atoms with E-state index in [0.29, 0.717) is 16.5 Å². The van der Waals surface area contributed by atoms with E-state index in [0.717, 1.165) is 57.9 Å². The van der Waals surface area contributed by atoms with Crippen molar-refractivity contribution in [2.75, 3.05) is 37.8 Å². The van der Waals surface area contributed by atoms with Crippen LogP contribution in [0.1, 0.15) is 24.8 Å². The van der Waals surface area contributed by atoms with E-state index in [1.54, 1.807) is 18.2 Å². The van der Waals surface area contributed by atoms with Gasteiger partial charge in [0.2, 0.25) is 0 Å². The molecule has 3 rings (SSSR count). The van der Waals surface area contributed by atoms with Gasteiger partial charge in [-0.1, -0.05) is 12.1 Å². The molecule has 0 bridgehead atoms. The lowest BCUT2D eigenvalue weighted by atomic mass is 9.90. The molecule has 1 aliphatic heterocycles. The SMILES string of the molecule is CS(=O)(=O)c1ccc(CC2CCN(CCCNc3ccc(F)c(F)c3)CC2)cc1.Cl.Cl. The van der Waals surface area contributed by atoms with Crippen LogP contribution >= 0.6 is 24.8 Å². The molecule has 4 nitrogen and oxygen atoms in total. The second-order valence-corrected chi connectivity index (χ2v) is 9.83. The van der Waals surface area contributed by atoms with Gasteiger partial charge in [0, 0.05) is 18.5 Å². The van der Waals surface area contributed by atoms with Gasteiger partial charge in [-0.2, -0.15) is 0 Å². The lowest BCUT2D eigenvalue weighted by molar-refractivity contribution is 0.183. The Hall–Kier alpha value is -1.41. The van der Waals surface area contributed by atoms with Gasteiger partial charge in [0.05, 0.1) is 4.90 Å². The zero-order valence-corrected chi connectivity index (χ0v) is 20.0. The van der Waals surface area contributed by atoms with Crippen molar-refractivity contribution in [1.29, 1.82) is 0 Å². The minimum atomic E-state index is -3.14. The molecule has 0 atom stereocenters. The average molecular weight is 495 g/mol. The van der Waals surface area contributed by atoms with Gasteiger partial charge >= 0.3 is 0 Å². The lowest BCUT2D eigenvalue weighted by Crippen LogP contribution is -2.35. The first-order valence-electron chi connectivity index (χ1n) is 10.0. The zero-order chi connectivity index (χ0) is 20.9. The Bertz CT molecular complexity index is 920. The Labute approximate surface area is 196 Å². The summed E-state index contributed by atoms with van der Waals surface area (Å²) in [7, 11) is -3.14. The van der Waals surface area contributed by atoms with Crippen LogP contribution in [0.5, 0.6) is 0 Å². The van der Waals surface area contributed by atoms with Crippen LogP contribution in [-0.2, 0) is 16.3 Å². The molecule has 2 aromatic carbocycles. The van der Waals surface area contributed by atoms with Crippen LogP contribution in [0.2, 0.25) is 0 Å². The van der Waals surface area contributed by atoms with E-state index in [4.69, 9.17) is 0 Å². The van der Waals surface area contributed by atoms with E-state index in [9.17, 15) is 17.2 Å². The van der Waals surface area contributed by atoms with Crippen LogP contribution in [-0.4, -0.2) is 45.8 Å². The summed E-state index contributed by atoms with van der Waals surface area (Å²) < 4.78 is 49.2. The quantitative estimate of drug-likeness (QED) is 0.526. The van der Waals surface area contributed by atoms with Crippen molar-refractivity contribution in [3.8, 4) is 0 Å².